The number of H-pyrrole nitrogens is 1. The van der Waals surface area contributed by atoms with E-state index in [1.54, 1.807) is 0 Å². The molecule has 1 fully saturated rings. The highest BCUT2D eigenvalue weighted by atomic mass is 32.2. The highest BCUT2D eigenvalue weighted by Crippen LogP contribution is 2.33. The quantitative estimate of drug-likeness (QED) is 0.381. The lowest BCUT2D eigenvalue weighted by molar-refractivity contribution is -0.121. The number of esters is 2. The largest absolute Gasteiger partial charge is 0.493 e. The van der Waals surface area contributed by atoms with Gasteiger partial charge in [0.25, 0.3) is 5.56 Å². The van der Waals surface area contributed by atoms with Gasteiger partial charge in [-0.05, 0) is 25.1 Å². The van der Waals surface area contributed by atoms with Gasteiger partial charge in [-0.3, -0.25) is 14.4 Å². The van der Waals surface area contributed by atoms with Crippen LogP contribution in [0.2, 0.25) is 0 Å². The van der Waals surface area contributed by atoms with Crippen molar-refractivity contribution in [1.82, 2.24) is 9.97 Å². The van der Waals surface area contributed by atoms with Crippen molar-refractivity contribution in [3.8, 4) is 5.88 Å². The Morgan fingerprint density at radius 1 is 1.13 bits per heavy atom. The SMILES string of the molecule is COC(=O)c1cc(C(=O)OC)cc(N2C(=O)C[C@H](Sc3nc(O)c(C)c(=O)[nH]3)C2=O)c1. The molecular formula is C19H17N3O8S. The van der Waals surface area contributed by atoms with Crippen molar-refractivity contribution in [2.45, 2.75) is 23.8 Å². The fourth-order valence-corrected chi connectivity index (χ4v) is 3.86. The fourth-order valence-electron chi connectivity index (χ4n) is 2.87. The number of imide groups is 1. The third kappa shape index (κ3) is 4.28. The number of methoxy groups -OCH3 is 2. The molecule has 3 rings (SSSR count). The van der Waals surface area contributed by atoms with E-state index < -0.39 is 40.4 Å². The van der Waals surface area contributed by atoms with Gasteiger partial charge in [0.15, 0.2) is 5.16 Å². The Hall–Kier alpha value is -3.67. The van der Waals surface area contributed by atoms with Gasteiger partial charge in [0.2, 0.25) is 17.7 Å². The first-order valence-corrected chi connectivity index (χ1v) is 9.69. The summed E-state index contributed by atoms with van der Waals surface area (Å²) < 4.78 is 9.32. The van der Waals surface area contributed by atoms with E-state index in [-0.39, 0.29) is 34.0 Å². The van der Waals surface area contributed by atoms with Gasteiger partial charge in [-0.15, -0.1) is 0 Å². The number of hydrogen-bond acceptors (Lipinski definition) is 10. The molecule has 0 bridgehead atoms. The van der Waals surface area contributed by atoms with Gasteiger partial charge >= 0.3 is 11.9 Å². The van der Waals surface area contributed by atoms with Crippen LogP contribution in [-0.4, -0.2) is 58.3 Å². The van der Waals surface area contributed by atoms with Crippen LogP contribution in [0.1, 0.15) is 32.7 Å². The number of benzene rings is 1. The van der Waals surface area contributed by atoms with Crippen molar-refractivity contribution in [3.05, 3.63) is 45.2 Å². The maximum atomic E-state index is 12.9. The van der Waals surface area contributed by atoms with E-state index in [1.807, 2.05) is 0 Å². The minimum absolute atomic E-state index is 0.00499. The molecule has 2 amide bonds. The molecule has 1 aliphatic heterocycles. The number of thioether (sulfide) groups is 1. The van der Waals surface area contributed by atoms with Crippen molar-refractivity contribution in [3.63, 3.8) is 0 Å². The summed E-state index contributed by atoms with van der Waals surface area (Å²) >= 11 is 0.807. The Bertz CT molecular complexity index is 1130. The summed E-state index contributed by atoms with van der Waals surface area (Å²) in [5.74, 6) is -3.24. The lowest BCUT2D eigenvalue weighted by atomic mass is 10.1. The van der Waals surface area contributed by atoms with Crippen LogP contribution in [0.4, 0.5) is 5.69 Å². The van der Waals surface area contributed by atoms with Gasteiger partial charge in [-0.1, -0.05) is 11.8 Å². The van der Waals surface area contributed by atoms with E-state index in [9.17, 15) is 29.1 Å². The Morgan fingerprint density at radius 2 is 1.71 bits per heavy atom. The van der Waals surface area contributed by atoms with Gasteiger partial charge < -0.3 is 19.6 Å². The summed E-state index contributed by atoms with van der Waals surface area (Å²) in [5, 5.41) is 8.75. The monoisotopic (exact) mass is 447 g/mol. The summed E-state index contributed by atoms with van der Waals surface area (Å²) in [4.78, 5) is 68.3. The topological polar surface area (TPSA) is 156 Å². The normalized spacial score (nSPS) is 15.8. The van der Waals surface area contributed by atoms with Gasteiger partial charge in [-0.25, -0.2) is 14.5 Å². The van der Waals surface area contributed by atoms with Crippen LogP contribution in [0.25, 0.3) is 0 Å². The second-order valence-electron chi connectivity index (χ2n) is 6.45. The highest BCUT2D eigenvalue weighted by Gasteiger charge is 2.41. The molecule has 1 aromatic carbocycles. The molecule has 2 aromatic rings. The molecule has 162 valence electrons. The summed E-state index contributed by atoms with van der Waals surface area (Å²) in [6.45, 7) is 1.38. The number of anilines is 1. The third-order valence-electron chi connectivity index (χ3n) is 4.48. The zero-order valence-electron chi connectivity index (χ0n) is 16.6. The Morgan fingerprint density at radius 3 is 2.23 bits per heavy atom. The Balaban J connectivity index is 1.96. The molecule has 0 aliphatic carbocycles. The van der Waals surface area contributed by atoms with Crippen molar-refractivity contribution in [2.75, 3.05) is 19.1 Å². The summed E-state index contributed by atoms with van der Waals surface area (Å²) in [6.07, 6.45) is -0.224. The number of hydrogen-bond donors (Lipinski definition) is 2. The number of ether oxygens (including phenoxy) is 2. The second-order valence-corrected chi connectivity index (χ2v) is 7.64. The molecular weight excluding hydrogens is 430 g/mol. The lowest BCUT2D eigenvalue weighted by Gasteiger charge is -2.17. The molecule has 2 N–H and O–H groups in total. The van der Waals surface area contributed by atoms with E-state index in [1.165, 1.54) is 25.1 Å². The van der Waals surface area contributed by atoms with Gasteiger partial charge in [0, 0.05) is 6.42 Å². The van der Waals surface area contributed by atoms with Crippen molar-refractivity contribution in [1.29, 1.82) is 0 Å². The molecule has 1 saturated heterocycles. The van der Waals surface area contributed by atoms with Crippen LogP contribution in [-0.2, 0) is 19.1 Å². The van der Waals surface area contributed by atoms with Gasteiger partial charge in [0.1, 0.15) is 5.25 Å². The number of amides is 2. The number of nitrogens with one attached hydrogen (secondary N) is 1. The first-order valence-electron chi connectivity index (χ1n) is 8.81. The summed E-state index contributed by atoms with van der Waals surface area (Å²) in [7, 11) is 2.30. The number of carbonyl (C=O) groups is 4. The molecule has 11 nitrogen and oxygen atoms in total. The Kier molecular flexibility index (Phi) is 6.11. The van der Waals surface area contributed by atoms with Gasteiger partial charge in [0.05, 0.1) is 36.6 Å². The second kappa shape index (κ2) is 8.60. The lowest BCUT2D eigenvalue weighted by Crippen LogP contribution is -2.31. The standard InChI is InChI=1S/C19H17N3O8S/c1-8-14(24)20-19(21-15(8)25)31-12-7-13(23)22(16(12)26)11-5-9(17(27)29-2)4-10(6-11)18(28)30-3/h4-6,12H,7H2,1-3H3,(H2,20,21,24,25)/t12-/m0/s1. The van der Waals surface area contributed by atoms with Crippen LogP contribution < -0.4 is 10.5 Å². The summed E-state index contributed by atoms with van der Waals surface area (Å²) in [5.41, 5.74) is -0.653. The molecule has 2 heterocycles. The van der Waals surface area contributed by atoms with E-state index in [2.05, 4.69) is 19.4 Å². The van der Waals surface area contributed by atoms with Gasteiger partial charge in [-0.2, -0.15) is 4.98 Å². The molecule has 0 spiro atoms. The molecule has 12 heteroatoms. The summed E-state index contributed by atoms with van der Waals surface area (Å²) in [6, 6.07) is 3.72. The molecule has 0 radical (unpaired) electrons. The van der Waals surface area contributed by atoms with E-state index in [0.717, 1.165) is 30.9 Å². The fraction of sp³-hybridized carbons (Fsp3) is 0.263. The number of aromatic nitrogens is 2. The molecule has 0 saturated carbocycles. The number of carbonyl (C=O) groups excluding carboxylic acids is 4. The van der Waals surface area contributed by atoms with E-state index in [0.29, 0.717) is 0 Å². The Labute approximate surface area is 179 Å². The third-order valence-corrected chi connectivity index (χ3v) is 5.55. The maximum absolute atomic E-state index is 12.9. The molecule has 1 aromatic heterocycles. The number of rotatable bonds is 5. The predicted octanol–water partition coefficient (Wildman–Crippen LogP) is 0.781. The smallest absolute Gasteiger partial charge is 0.337 e. The van der Waals surface area contributed by atoms with Crippen molar-refractivity contribution < 1.29 is 33.8 Å². The zero-order valence-corrected chi connectivity index (χ0v) is 17.4. The van der Waals surface area contributed by atoms with Crippen LogP contribution in [0.5, 0.6) is 5.88 Å². The minimum Gasteiger partial charge on any atom is -0.493 e. The van der Waals surface area contributed by atoms with E-state index in [4.69, 9.17) is 0 Å². The number of aromatic amines is 1. The van der Waals surface area contributed by atoms with Crippen LogP contribution >= 0.6 is 11.8 Å². The highest BCUT2D eigenvalue weighted by molar-refractivity contribution is 8.00. The molecule has 1 aliphatic rings. The molecule has 1 atom stereocenters. The first-order chi connectivity index (χ1) is 14.7. The van der Waals surface area contributed by atoms with Crippen molar-refractivity contribution in [2.24, 2.45) is 0 Å². The molecule has 0 unspecified atom stereocenters. The average molecular weight is 447 g/mol. The van der Waals surface area contributed by atoms with E-state index >= 15 is 0 Å². The first kappa shape index (κ1) is 22.0. The van der Waals surface area contributed by atoms with Crippen LogP contribution in [0, 0.1) is 6.92 Å². The minimum atomic E-state index is -0.943. The van der Waals surface area contributed by atoms with Crippen LogP contribution in [0.3, 0.4) is 0 Å². The zero-order chi connectivity index (χ0) is 22.9. The molecule has 31 heavy (non-hydrogen) atoms. The van der Waals surface area contributed by atoms with Crippen molar-refractivity contribution >= 4 is 41.2 Å². The number of aromatic hydroxyl groups is 1. The number of nitrogens with zero attached hydrogens (tertiary/aromatic N) is 2. The maximum Gasteiger partial charge on any atom is 0.337 e. The average Bonchev–Trinajstić information content (AvgIpc) is 3.03. The predicted molar refractivity (Wildman–Crippen MR) is 107 cm³/mol. The van der Waals surface area contributed by atoms with Crippen LogP contribution in [0.15, 0.2) is 28.2 Å².